The summed E-state index contributed by atoms with van der Waals surface area (Å²) in [5.74, 6) is 0.644. The summed E-state index contributed by atoms with van der Waals surface area (Å²) >= 11 is 0. The molecular weight excluding hydrogens is 238 g/mol. The molecule has 0 bridgehead atoms. The molecule has 0 aromatic carbocycles. The minimum atomic E-state index is -0.408. The van der Waals surface area contributed by atoms with Gasteiger partial charge in [0.1, 0.15) is 0 Å². The third-order valence-electron chi connectivity index (χ3n) is 3.24. The lowest BCUT2D eigenvalue weighted by molar-refractivity contribution is 0.0197. The van der Waals surface area contributed by atoms with Gasteiger partial charge in [0.2, 0.25) is 0 Å². The second-order valence-electron chi connectivity index (χ2n) is 5.55. The zero-order valence-corrected chi connectivity index (χ0v) is 13.2. The first-order chi connectivity index (χ1) is 9.10. The van der Waals surface area contributed by atoms with Gasteiger partial charge in [0.15, 0.2) is 0 Å². The van der Waals surface area contributed by atoms with Gasteiger partial charge in [-0.25, -0.2) is 0 Å². The highest BCUT2D eigenvalue weighted by Crippen LogP contribution is 2.12. The number of rotatable bonds is 12. The molecule has 3 heteroatoms. The van der Waals surface area contributed by atoms with Gasteiger partial charge in [0, 0.05) is 19.7 Å². The molecule has 0 spiro atoms. The standard InChI is InChI=1S/C16H33NO2/c1-5-7-8-15(6-2)12-19-13-16(18)11-17-10-9-14(3)4/h9,15-18H,5-8,10-13H2,1-4H3. The van der Waals surface area contributed by atoms with E-state index in [4.69, 9.17) is 4.74 Å². The molecule has 114 valence electrons. The van der Waals surface area contributed by atoms with E-state index >= 15 is 0 Å². The molecule has 19 heavy (non-hydrogen) atoms. The summed E-state index contributed by atoms with van der Waals surface area (Å²) in [4.78, 5) is 0. The van der Waals surface area contributed by atoms with E-state index in [-0.39, 0.29) is 0 Å². The number of hydrogen-bond acceptors (Lipinski definition) is 3. The maximum absolute atomic E-state index is 9.77. The van der Waals surface area contributed by atoms with E-state index in [0.29, 0.717) is 19.1 Å². The Bertz CT molecular complexity index is 225. The summed E-state index contributed by atoms with van der Waals surface area (Å²) < 4.78 is 5.62. The van der Waals surface area contributed by atoms with Gasteiger partial charge in [-0.3, -0.25) is 0 Å². The molecule has 0 rings (SSSR count). The molecular formula is C16H33NO2. The Morgan fingerprint density at radius 1 is 1.26 bits per heavy atom. The lowest BCUT2D eigenvalue weighted by atomic mass is 10.0. The van der Waals surface area contributed by atoms with Gasteiger partial charge < -0.3 is 15.2 Å². The predicted molar refractivity (Wildman–Crippen MR) is 82.4 cm³/mol. The van der Waals surface area contributed by atoms with Crippen molar-refractivity contribution in [3.8, 4) is 0 Å². The van der Waals surface area contributed by atoms with Crippen molar-refractivity contribution in [1.29, 1.82) is 0 Å². The molecule has 0 aromatic heterocycles. The topological polar surface area (TPSA) is 41.5 Å². The van der Waals surface area contributed by atoms with Gasteiger partial charge >= 0.3 is 0 Å². The average Bonchev–Trinajstić information content (AvgIpc) is 2.38. The Morgan fingerprint density at radius 2 is 2.00 bits per heavy atom. The number of hydrogen-bond donors (Lipinski definition) is 2. The number of allylic oxidation sites excluding steroid dienone is 1. The number of ether oxygens (including phenoxy) is 1. The van der Waals surface area contributed by atoms with Crippen LogP contribution in [0.4, 0.5) is 0 Å². The van der Waals surface area contributed by atoms with E-state index < -0.39 is 6.10 Å². The zero-order valence-electron chi connectivity index (χ0n) is 13.2. The Balaban J connectivity index is 3.55. The molecule has 0 aliphatic carbocycles. The van der Waals surface area contributed by atoms with Crippen molar-refractivity contribution < 1.29 is 9.84 Å². The smallest absolute Gasteiger partial charge is 0.0897 e. The first-order valence-electron chi connectivity index (χ1n) is 7.70. The average molecular weight is 271 g/mol. The van der Waals surface area contributed by atoms with Crippen LogP contribution in [-0.2, 0) is 4.74 Å². The molecule has 2 N–H and O–H groups in total. The van der Waals surface area contributed by atoms with Gasteiger partial charge in [0.25, 0.3) is 0 Å². The van der Waals surface area contributed by atoms with Crippen molar-refractivity contribution in [1.82, 2.24) is 5.32 Å². The van der Waals surface area contributed by atoms with Gasteiger partial charge in [-0.05, 0) is 26.2 Å². The quantitative estimate of drug-likeness (QED) is 0.423. The minimum Gasteiger partial charge on any atom is -0.389 e. The normalized spacial score (nSPS) is 14.2. The number of unbranched alkanes of at least 4 members (excludes halogenated alkanes) is 1. The van der Waals surface area contributed by atoms with Crippen molar-refractivity contribution in [2.75, 3.05) is 26.3 Å². The van der Waals surface area contributed by atoms with Crippen molar-refractivity contribution in [2.24, 2.45) is 5.92 Å². The molecule has 0 amide bonds. The summed E-state index contributed by atoms with van der Waals surface area (Å²) in [6.07, 6.45) is 6.62. The SMILES string of the molecule is CCCCC(CC)COCC(O)CNCC=C(C)C. The van der Waals surface area contributed by atoms with Gasteiger partial charge in [-0.1, -0.05) is 44.8 Å². The zero-order chi connectivity index (χ0) is 14.5. The highest BCUT2D eigenvalue weighted by atomic mass is 16.5. The second kappa shape index (κ2) is 12.6. The van der Waals surface area contributed by atoms with Crippen molar-refractivity contribution in [3.05, 3.63) is 11.6 Å². The van der Waals surface area contributed by atoms with Crippen molar-refractivity contribution in [2.45, 2.75) is 59.5 Å². The molecule has 0 fully saturated rings. The van der Waals surface area contributed by atoms with Crippen LogP contribution in [0.15, 0.2) is 11.6 Å². The number of aliphatic hydroxyl groups excluding tert-OH is 1. The number of aliphatic hydroxyl groups is 1. The molecule has 0 saturated heterocycles. The van der Waals surface area contributed by atoms with Crippen LogP contribution in [0.3, 0.4) is 0 Å². The summed E-state index contributed by atoms with van der Waals surface area (Å²) in [5, 5.41) is 13.0. The molecule has 0 heterocycles. The van der Waals surface area contributed by atoms with Crippen molar-refractivity contribution >= 4 is 0 Å². The van der Waals surface area contributed by atoms with E-state index in [1.54, 1.807) is 0 Å². The fraction of sp³-hybridized carbons (Fsp3) is 0.875. The second-order valence-corrected chi connectivity index (χ2v) is 5.55. The molecule has 3 nitrogen and oxygen atoms in total. The molecule has 0 aliphatic rings. The Kier molecular flexibility index (Phi) is 12.4. The van der Waals surface area contributed by atoms with Crippen LogP contribution in [0, 0.1) is 5.92 Å². The van der Waals surface area contributed by atoms with E-state index in [9.17, 15) is 5.11 Å². The number of nitrogens with one attached hydrogen (secondary N) is 1. The van der Waals surface area contributed by atoms with Crippen LogP contribution in [0.2, 0.25) is 0 Å². The highest BCUT2D eigenvalue weighted by molar-refractivity contribution is 4.94. The lowest BCUT2D eigenvalue weighted by Gasteiger charge is -2.17. The molecule has 0 saturated carbocycles. The lowest BCUT2D eigenvalue weighted by Crippen LogP contribution is -2.31. The van der Waals surface area contributed by atoms with E-state index in [0.717, 1.165) is 19.6 Å². The van der Waals surface area contributed by atoms with Crippen LogP contribution in [-0.4, -0.2) is 37.5 Å². The van der Waals surface area contributed by atoms with Gasteiger partial charge in [-0.2, -0.15) is 0 Å². The largest absolute Gasteiger partial charge is 0.389 e. The summed E-state index contributed by atoms with van der Waals surface area (Å²) in [5.41, 5.74) is 1.29. The Labute approximate surface area is 119 Å². The van der Waals surface area contributed by atoms with Crippen LogP contribution in [0.25, 0.3) is 0 Å². The Hall–Kier alpha value is -0.380. The van der Waals surface area contributed by atoms with E-state index in [2.05, 4.69) is 39.1 Å². The van der Waals surface area contributed by atoms with Crippen molar-refractivity contribution in [3.63, 3.8) is 0 Å². The molecule has 0 radical (unpaired) electrons. The fourth-order valence-electron chi connectivity index (χ4n) is 1.85. The van der Waals surface area contributed by atoms with Crippen LogP contribution in [0.5, 0.6) is 0 Å². The molecule has 2 atom stereocenters. The minimum absolute atomic E-state index is 0.408. The van der Waals surface area contributed by atoms with Crippen LogP contribution in [0.1, 0.15) is 53.4 Å². The van der Waals surface area contributed by atoms with Crippen LogP contribution >= 0.6 is 0 Å². The predicted octanol–water partition coefficient (Wildman–Crippen LogP) is 3.14. The third-order valence-corrected chi connectivity index (χ3v) is 3.24. The summed E-state index contributed by atoms with van der Waals surface area (Å²) in [6.45, 7) is 11.2. The molecule has 0 aromatic rings. The van der Waals surface area contributed by atoms with E-state index in [1.165, 1.54) is 24.8 Å². The molecule has 2 unspecified atom stereocenters. The third kappa shape index (κ3) is 12.4. The first kappa shape index (κ1) is 18.6. The summed E-state index contributed by atoms with van der Waals surface area (Å²) in [6, 6.07) is 0. The monoisotopic (exact) mass is 271 g/mol. The van der Waals surface area contributed by atoms with Gasteiger partial charge in [-0.15, -0.1) is 0 Å². The first-order valence-corrected chi connectivity index (χ1v) is 7.70. The van der Waals surface area contributed by atoms with Crippen LogP contribution < -0.4 is 5.32 Å². The maximum atomic E-state index is 9.77. The van der Waals surface area contributed by atoms with E-state index in [1.807, 2.05) is 0 Å². The molecule has 0 aliphatic heterocycles. The fourth-order valence-corrected chi connectivity index (χ4v) is 1.85. The van der Waals surface area contributed by atoms with Gasteiger partial charge in [0.05, 0.1) is 12.7 Å². The Morgan fingerprint density at radius 3 is 2.58 bits per heavy atom. The summed E-state index contributed by atoms with van der Waals surface area (Å²) in [7, 11) is 0. The highest BCUT2D eigenvalue weighted by Gasteiger charge is 2.08. The maximum Gasteiger partial charge on any atom is 0.0897 e.